The molecule has 0 saturated carbocycles. The first kappa shape index (κ1) is 19.8. The van der Waals surface area contributed by atoms with Crippen molar-refractivity contribution in [1.82, 2.24) is 4.57 Å². The molecule has 3 aromatic rings. The fourth-order valence-electron chi connectivity index (χ4n) is 2.60. The number of hydrogen-bond donors (Lipinski definition) is 2. The first-order chi connectivity index (χ1) is 12.2. The Bertz CT molecular complexity index is 979. The number of aryl methyl sites for hydroxylation is 1. The van der Waals surface area contributed by atoms with Crippen LogP contribution in [0.1, 0.15) is 21.6 Å². The van der Waals surface area contributed by atoms with E-state index in [9.17, 15) is 14.7 Å². The number of nitrogens with zero attached hydrogens (tertiary/aromatic N) is 1. The normalized spacial score (nSPS) is 10.3. The van der Waals surface area contributed by atoms with Crippen molar-refractivity contribution >= 4 is 46.4 Å². The van der Waals surface area contributed by atoms with Gasteiger partial charge in [-0.1, -0.05) is 29.3 Å². The molecular formula is C19H17Cl2NO4. The van der Waals surface area contributed by atoms with Crippen LogP contribution in [0.4, 0.5) is 0 Å². The van der Waals surface area contributed by atoms with Gasteiger partial charge in [0.2, 0.25) is 0 Å². The predicted molar refractivity (Wildman–Crippen MR) is 103 cm³/mol. The van der Waals surface area contributed by atoms with Crippen molar-refractivity contribution in [2.75, 3.05) is 0 Å². The molecule has 0 unspecified atom stereocenters. The summed E-state index contributed by atoms with van der Waals surface area (Å²) in [6.45, 7) is 1.88. The second-order valence-corrected chi connectivity index (χ2v) is 6.50. The highest BCUT2D eigenvalue weighted by molar-refractivity contribution is 6.42. The molecule has 0 aliphatic carbocycles. The van der Waals surface area contributed by atoms with E-state index in [4.69, 9.17) is 28.3 Å². The van der Waals surface area contributed by atoms with Crippen molar-refractivity contribution in [2.24, 2.45) is 7.05 Å². The van der Waals surface area contributed by atoms with Crippen LogP contribution >= 0.6 is 23.2 Å². The number of carbonyl (C=O) groups is 2. The average molecular weight is 394 g/mol. The summed E-state index contributed by atoms with van der Waals surface area (Å²) >= 11 is 11.2. The predicted octanol–water partition coefficient (Wildman–Crippen LogP) is 4.63. The Balaban J connectivity index is 0.000000209. The number of fused-ring (bicyclic) bond motifs is 1. The molecule has 0 radical (unpaired) electrons. The third kappa shape index (κ3) is 4.36. The van der Waals surface area contributed by atoms with Gasteiger partial charge in [0, 0.05) is 29.2 Å². The minimum atomic E-state index is -0.862. The molecule has 0 saturated heterocycles. The maximum absolute atomic E-state index is 10.8. The summed E-state index contributed by atoms with van der Waals surface area (Å²) in [7, 11) is 1.89. The fourth-order valence-corrected chi connectivity index (χ4v) is 2.90. The smallest absolute Gasteiger partial charge is 0.307 e. The molecule has 2 aromatic carbocycles. The van der Waals surface area contributed by atoms with E-state index in [0.717, 1.165) is 28.4 Å². The second-order valence-electron chi connectivity index (χ2n) is 5.69. The van der Waals surface area contributed by atoms with Crippen LogP contribution in [0.15, 0.2) is 36.4 Å². The van der Waals surface area contributed by atoms with Gasteiger partial charge in [0.15, 0.2) is 0 Å². The maximum atomic E-state index is 10.8. The van der Waals surface area contributed by atoms with E-state index in [0.29, 0.717) is 15.6 Å². The van der Waals surface area contributed by atoms with Gasteiger partial charge in [-0.05, 0) is 42.8 Å². The summed E-state index contributed by atoms with van der Waals surface area (Å²) in [6, 6.07) is 9.74. The van der Waals surface area contributed by atoms with Crippen LogP contribution in [-0.2, 0) is 18.3 Å². The summed E-state index contributed by atoms with van der Waals surface area (Å²) in [5.41, 5.74) is 3.16. The van der Waals surface area contributed by atoms with Crippen molar-refractivity contribution in [3.05, 3.63) is 63.3 Å². The number of carboxylic acids is 1. The second kappa shape index (κ2) is 8.25. The van der Waals surface area contributed by atoms with E-state index in [-0.39, 0.29) is 12.2 Å². The first-order valence-corrected chi connectivity index (χ1v) is 8.39. The molecule has 0 atom stereocenters. The summed E-state index contributed by atoms with van der Waals surface area (Å²) in [5.74, 6) is -0.705. The Hall–Kier alpha value is -2.50. The number of aldehydes is 1. The highest BCUT2D eigenvalue weighted by Gasteiger charge is 2.14. The molecule has 0 bridgehead atoms. The van der Waals surface area contributed by atoms with Gasteiger partial charge in [-0.2, -0.15) is 0 Å². The van der Waals surface area contributed by atoms with E-state index < -0.39 is 5.97 Å². The van der Waals surface area contributed by atoms with Gasteiger partial charge in [-0.15, -0.1) is 0 Å². The summed E-state index contributed by atoms with van der Waals surface area (Å²) in [4.78, 5) is 21.0. The molecule has 26 heavy (non-hydrogen) atoms. The van der Waals surface area contributed by atoms with Crippen LogP contribution in [0.2, 0.25) is 10.0 Å². The third-order valence-electron chi connectivity index (χ3n) is 4.01. The summed E-state index contributed by atoms with van der Waals surface area (Å²) in [6.07, 6.45) is 0.703. The number of halogens is 2. The first-order valence-electron chi connectivity index (χ1n) is 7.63. The van der Waals surface area contributed by atoms with Gasteiger partial charge in [0.05, 0.1) is 16.5 Å². The van der Waals surface area contributed by atoms with E-state index in [1.165, 1.54) is 6.07 Å². The van der Waals surface area contributed by atoms with Gasteiger partial charge in [0.25, 0.3) is 0 Å². The minimum absolute atomic E-state index is 0.0212. The van der Waals surface area contributed by atoms with E-state index in [2.05, 4.69) is 0 Å². The van der Waals surface area contributed by atoms with Gasteiger partial charge in [-0.25, -0.2) is 0 Å². The van der Waals surface area contributed by atoms with Crippen LogP contribution in [0, 0.1) is 6.92 Å². The van der Waals surface area contributed by atoms with Gasteiger partial charge in [0.1, 0.15) is 12.0 Å². The van der Waals surface area contributed by atoms with Crippen molar-refractivity contribution in [3.8, 4) is 5.75 Å². The number of benzene rings is 2. The monoisotopic (exact) mass is 393 g/mol. The molecule has 2 N–H and O–H groups in total. The lowest BCUT2D eigenvalue weighted by molar-refractivity contribution is -0.136. The Labute approximate surface area is 160 Å². The third-order valence-corrected chi connectivity index (χ3v) is 4.75. The Kier molecular flexibility index (Phi) is 6.29. The molecule has 0 amide bonds. The molecule has 1 aromatic heterocycles. The van der Waals surface area contributed by atoms with Crippen molar-refractivity contribution in [1.29, 1.82) is 0 Å². The molecule has 136 valence electrons. The highest BCUT2D eigenvalue weighted by atomic mass is 35.5. The van der Waals surface area contributed by atoms with Crippen LogP contribution in [0.3, 0.4) is 0 Å². The Morgan fingerprint density at radius 2 is 1.85 bits per heavy atom. The number of hydrogen-bond acceptors (Lipinski definition) is 3. The van der Waals surface area contributed by atoms with Crippen LogP contribution in [0.25, 0.3) is 10.9 Å². The maximum Gasteiger partial charge on any atom is 0.307 e. The van der Waals surface area contributed by atoms with Crippen LogP contribution in [0.5, 0.6) is 5.75 Å². The largest absolute Gasteiger partial charge is 0.508 e. The lowest BCUT2D eigenvalue weighted by Crippen LogP contribution is -2.01. The van der Waals surface area contributed by atoms with E-state index in [1.807, 2.05) is 18.5 Å². The molecule has 0 aliphatic heterocycles. The lowest BCUT2D eigenvalue weighted by atomic mass is 10.1. The molecule has 0 fully saturated rings. The van der Waals surface area contributed by atoms with Crippen molar-refractivity contribution in [3.63, 3.8) is 0 Å². The fraction of sp³-hybridized carbons (Fsp3) is 0.158. The number of phenols is 1. The van der Waals surface area contributed by atoms with Crippen molar-refractivity contribution in [2.45, 2.75) is 13.3 Å². The number of carbonyl (C=O) groups excluding carboxylic acids is 1. The van der Waals surface area contributed by atoms with Gasteiger partial charge < -0.3 is 14.8 Å². The topological polar surface area (TPSA) is 79.5 Å². The van der Waals surface area contributed by atoms with E-state index >= 15 is 0 Å². The van der Waals surface area contributed by atoms with Crippen LogP contribution in [-0.4, -0.2) is 27.0 Å². The lowest BCUT2D eigenvalue weighted by Gasteiger charge is -1.98. The molecule has 0 aliphatic rings. The minimum Gasteiger partial charge on any atom is -0.508 e. The zero-order valence-electron chi connectivity index (χ0n) is 14.2. The number of aromatic nitrogens is 1. The van der Waals surface area contributed by atoms with E-state index in [1.54, 1.807) is 30.3 Å². The molecule has 0 spiro atoms. The molecule has 1 heterocycles. The number of aromatic hydroxyl groups is 1. The van der Waals surface area contributed by atoms with Gasteiger partial charge >= 0.3 is 5.97 Å². The number of carboxylic acid groups (broad SMARTS) is 1. The molecule has 5 nitrogen and oxygen atoms in total. The standard InChI is InChI=1S/C12H13NO3.C7H4Cl2O/c1-7-9(6-12(15)16)10-5-8(14)3-4-11(10)13(7)2;8-6-2-1-5(4-10)3-7(6)9/h3-5,14H,6H2,1-2H3,(H,15,16);1-4H. The summed E-state index contributed by atoms with van der Waals surface area (Å²) in [5, 5.41) is 20.0. The van der Waals surface area contributed by atoms with Crippen LogP contribution < -0.4 is 0 Å². The molecular weight excluding hydrogens is 377 g/mol. The Morgan fingerprint density at radius 3 is 2.42 bits per heavy atom. The SMILES string of the molecule is Cc1c(CC(=O)O)c2cc(O)ccc2n1C.O=Cc1ccc(Cl)c(Cl)c1. The summed E-state index contributed by atoms with van der Waals surface area (Å²) < 4.78 is 1.94. The molecule has 7 heteroatoms. The number of phenolic OH excluding ortho intramolecular Hbond substituents is 1. The number of aliphatic carboxylic acids is 1. The number of rotatable bonds is 3. The quantitative estimate of drug-likeness (QED) is 0.635. The van der Waals surface area contributed by atoms with Crippen molar-refractivity contribution < 1.29 is 19.8 Å². The average Bonchev–Trinajstić information content (AvgIpc) is 2.82. The van der Waals surface area contributed by atoms with Gasteiger partial charge in [-0.3, -0.25) is 9.59 Å². The molecule has 3 rings (SSSR count). The highest BCUT2D eigenvalue weighted by Crippen LogP contribution is 2.28. The zero-order valence-corrected chi connectivity index (χ0v) is 15.7. The zero-order chi connectivity index (χ0) is 19.4. The Morgan fingerprint density at radius 1 is 1.15 bits per heavy atom.